The first kappa shape index (κ1) is 33.6. The van der Waals surface area contributed by atoms with Crippen LogP contribution in [0.3, 0.4) is 0 Å². The minimum atomic E-state index is -1.73. The first-order valence-corrected chi connectivity index (χ1v) is 14.9. The summed E-state index contributed by atoms with van der Waals surface area (Å²) in [7, 11) is 0. The summed E-state index contributed by atoms with van der Waals surface area (Å²) in [6.45, 7) is 1.63. The third-order valence-electron chi connectivity index (χ3n) is 6.21. The Labute approximate surface area is 269 Å². The third kappa shape index (κ3) is 8.44. The molecule has 0 aliphatic heterocycles. The Hall–Kier alpha value is -4.32. The Morgan fingerprint density at radius 2 is 1.44 bits per heavy atom. The van der Waals surface area contributed by atoms with Gasteiger partial charge in [-0.15, -0.1) is 11.8 Å². The van der Waals surface area contributed by atoms with Crippen LogP contribution in [0.4, 0.5) is 28.9 Å². The van der Waals surface area contributed by atoms with Gasteiger partial charge in [0.05, 0.1) is 5.25 Å². The predicted octanol–water partition coefficient (Wildman–Crippen LogP) is 8.47. The fourth-order valence-electron chi connectivity index (χ4n) is 3.95. The van der Waals surface area contributed by atoms with Crippen LogP contribution in [0.2, 0.25) is 10.0 Å². The van der Waals surface area contributed by atoms with Gasteiger partial charge in [0, 0.05) is 37.8 Å². The van der Waals surface area contributed by atoms with Crippen LogP contribution in [0.15, 0.2) is 89.5 Å². The molecule has 6 nitrogen and oxygen atoms in total. The highest BCUT2D eigenvalue weighted by Crippen LogP contribution is 2.31. The first-order valence-electron chi connectivity index (χ1n) is 13.2. The summed E-state index contributed by atoms with van der Waals surface area (Å²) in [6.07, 6.45) is 1.51. The number of hydrogen-bond acceptors (Lipinski definition) is 4. The largest absolute Gasteiger partial charge is 0.321 e. The maximum atomic E-state index is 14.1. The normalized spacial score (nSPS) is 11.9. The van der Waals surface area contributed by atoms with Gasteiger partial charge in [0.25, 0.3) is 11.8 Å². The number of amides is 3. The molecule has 13 heteroatoms. The molecule has 3 amide bonds. The highest BCUT2D eigenvalue weighted by molar-refractivity contribution is 8.00. The fraction of sp³-hybridized carbons (Fsp3) is 0.0938. The summed E-state index contributed by atoms with van der Waals surface area (Å²) in [5.74, 6) is -8.95. The van der Waals surface area contributed by atoms with Gasteiger partial charge >= 0.3 is 0 Å². The van der Waals surface area contributed by atoms with Gasteiger partial charge in [-0.1, -0.05) is 60.5 Å². The summed E-state index contributed by atoms with van der Waals surface area (Å²) in [4.78, 5) is 39.7. The second-order valence-corrected chi connectivity index (χ2v) is 11.4. The van der Waals surface area contributed by atoms with E-state index < -0.39 is 51.9 Å². The molecule has 0 saturated carbocycles. The van der Waals surface area contributed by atoms with Crippen molar-refractivity contribution in [1.82, 2.24) is 5.32 Å². The van der Waals surface area contributed by atoms with E-state index in [9.17, 15) is 31.9 Å². The SMILES string of the molecule is CCC(Sc1cccc(NC(=O)/C(=C\c2c(Cl)cccc2Cl)NC(=O)c2ccccc2)c1)C(=O)Nc1c(F)c(F)cc(F)c1F. The number of carbonyl (C=O) groups is 3. The summed E-state index contributed by atoms with van der Waals surface area (Å²) in [5.41, 5.74) is -0.534. The van der Waals surface area contributed by atoms with Crippen LogP contribution in [0, 0.1) is 23.3 Å². The Morgan fingerprint density at radius 3 is 2.07 bits per heavy atom. The lowest BCUT2D eigenvalue weighted by Crippen LogP contribution is -2.30. The molecule has 0 radical (unpaired) electrons. The lowest BCUT2D eigenvalue weighted by molar-refractivity contribution is -0.116. The Morgan fingerprint density at radius 1 is 0.822 bits per heavy atom. The minimum absolute atomic E-state index is 0.0446. The van der Waals surface area contributed by atoms with Crippen molar-refractivity contribution < 1.29 is 31.9 Å². The van der Waals surface area contributed by atoms with E-state index in [-0.39, 0.29) is 33.9 Å². The standard InChI is InChI=1S/C32H23Cl2F4N3O3S/c1-2-26(32(44)41-29-27(37)23(35)16-24(36)28(29)38)45-19-11-6-10-18(14-19)39-31(43)25(15-20-21(33)12-7-13-22(20)34)40-30(42)17-8-4-3-5-9-17/h3-16,26H,2H2,1H3,(H,39,43)(H,40,42)(H,41,44)/b25-15+. The molecule has 45 heavy (non-hydrogen) atoms. The van der Waals surface area contributed by atoms with Crippen molar-refractivity contribution in [3.05, 3.63) is 129 Å². The van der Waals surface area contributed by atoms with E-state index >= 15 is 0 Å². The van der Waals surface area contributed by atoms with E-state index in [0.29, 0.717) is 16.0 Å². The van der Waals surface area contributed by atoms with Gasteiger partial charge in [0.2, 0.25) is 5.91 Å². The zero-order valence-electron chi connectivity index (χ0n) is 23.3. The van der Waals surface area contributed by atoms with Crippen LogP contribution < -0.4 is 16.0 Å². The van der Waals surface area contributed by atoms with Gasteiger partial charge < -0.3 is 16.0 Å². The van der Waals surface area contributed by atoms with Crippen LogP contribution in [0.5, 0.6) is 0 Å². The smallest absolute Gasteiger partial charge is 0.272 e. The van der Waals surface area contributed by atoms with Crippen LogP contribution in [0.25, 0.3) is 6.08 Å². The number of hydrogen-bond donors (Lipinski definition) is 3. The molecule has 1 unspecified atom stereocenters. The summed E-state index contributed by atoms with van der Waals surface area (Å²) < 4.78 is 55.4. The molecule has 0 fully saturated rings. The molecule has 0 aliphatic rings. The van der Waals surface area contributed by atoms with E-state index in [4.69, 9.17) is 23.2 Å². The monoisotopic (exact) mass is 675 g/mol. The maximum absolute atomic E-state index is 14.1. The molecular weight excluding hydrogens is 653 g/mol. The Balaban J connectivity index is 1.55. The van der Waals surface area contributed by atoms with Crippen molar-refractivity contribution in [2.45, 2.75) is 23.5 Å². The molecule has 4 aromatic carbocycles. The van der Waals surface area contributed by atoms with Crippen LogP contribution in [0.1, 0.15) is 29.3 Å². The average Bonchev–Trinajstić information content (AvgIpc) is 3.02. The van der Waals surface area contributed by atoms with Gasteiger partial charge in [-0.3, -0.25) is 14.4 Å². The quantitative estimate of drug-likeness (QED) is 0.0681. The highest BCUT2D eigenvalue weighted by Gasteiger charge is 2.25. The van der Waals surface area contributed by atoms with Gasteiger partial charge in [-0.2, -0.15) is 0 Å². The molecule has 0 aliphatic carbocycles. The summed E-state index contributed by atoms with van der Waals surface area (Å²) >= 11 is 13.6. The fourth-order valence-corrected chi connectivity index (χ4v) is 5.47. The second-order valence-electron chi connectivity index (χ2n) is 9.34. The molecule has 1 atom stereocenters. The summed E-state index contributed by atoms with van der Waals surface area (Å²) in [5, 5.41) is 6.74. The van der Waals surface area contributed by atoms with Crippen LogP contribution in [-0.4, -0.2) is 23.0 Å². The molecule has 0 heterocycles. The lowest BCUT2D eigenvalue weighted by Gasteiger charge is -2.17. The highest BCUT2D eigenvalue weighted by atomic mass is 35.5. The first-order chi connectivity index (χ1) is 21.5. The van der Waals surface area contributed by atoms with Gasteiger partial charge in [0.15, 0.2) is 23.3 Å². The zero-order valence-corrected chi connectivity index (χ0v) is 25.6. The number of carbonyl (C=O) groups excluding carboxylic acids is 3. The number of benzene rings is 4. The molecule has 0 saturated heterocycles. The molecule has 3 N–H and O–H groups in total. The predicted molar refractivity (Wildman–Crippen MR) is 168 cm³/mol. The molecule has 0 bridgehead atoms. The van der Waals surface area contributed by atoms with E-state index in [0.717, 1.165) is 11.8 Å². The maximum Gasteiger partial charge on any atom is 0.272 e. The van der Waals surface area contributed by atoms with E-state index in [2.05, 4.69) is 10.6 Å². The van der Waals surface area contributed by atoms with E-state index in [1.807, 2.05) is 5.32 Å². The number of halogens is 6. The minimum Gasteiger partial charge on any atom is -0.321 e. The molecule has 0 aromatic heterocycles. The summed E-state index contributed by atoms with van der Waals surface area (Å²) in [6, 6.07) is 19.3. The number of nitrogens with one attached hydrogen (secondary N) is 3. The third-order valence-corrected chi connectivity index (χ3v) is 8.23. The van der Waals surface area contributed by atoms with Crippen molar-refractivity contribution in [2.75, 3.05) is 10.6 Å². The number of rotatable bonds is 10. The molecule has 232 valence electrons. The molecule has 0 spiro atoms. The van der Waals surface area contributed by atoms with Gasteiger partial charge in [0.1, 0.15) is 11.4 Å². The van der Waals surface area contributed by atoms with Crippen molar-refractivity contribution in [3.63, 3.8) is 0 Å². The van der Waals surface area contributed by atoms with Crippen molar-refractivity contribution in [1.29, 1.82) is 0 Å². The van der Waals surface area contributed by atoms with Crippen LogP contribution in [-0.2, 0) is 9.59 Å². The number of anilines is 2. The molecule has 4 rings (SSSR count). The van der Waals surface area contributed by atoms with Crippen molar-refractivity contribution >= 4 is 70.1 Å². The van der Waals surface area contributed by atoms with Crippen molar-refractivity contribution in [3.8, 4) is 0 Å². The average molecular weight is 677 g/mol. The van der Waals surface area contributed by atoms with Gasteiger partial charge in [-0.05, 0) is 55.0 Å². The molecular formula is C32H23Cl2F4N3O3S. The van der Waals surface area contributed by atoms with Crippen LogP contribution >= 0.6 is 35.0 Å². The zero-order chi connectivity index (χ0) is 32.7. The Kier molecular flexibility index (Phi) is 11.3. The van der Waals surface area contributed by atoms with E-state index in [1.165, 1.54) is 12.1 Å². The van der Waals surface area contributed by atoms with Gasteiger partial charge in [-0.25, -0.2) is 17.6 Å². The number of thioether (sulfide) groups is 1. The lowest BCUT2D eigenvalue weighted by atomic mass is 10.1. The van der Waals surface area contributed by atoms with Crippen molar-refractivity contribution in [2.24, 2.45) is 0 Å². The Bertz CT molecular complexity index is 1740. The van der Waals surface area contributed by atoms with E-state index in [1.54, 1.807) is 73.7 Å². The molecule has 4 aromatic rings. The second kappa shape index (κ2) is 15.1. The topological polar surface area (TPSA) is 87.3 Å².